The number of benzene rings is 2. The molecule has 1 N–H and O–H groups in total. The fraction of sp³-hybridized carbons (Fsp3) is 0.375. The first-order valence-corrected chi connectivity index (χ1v) is 11.3. The van der Waals surface area contributed by atoms with Crippen LogP contribution in [0.4, 0.5) is 5.69 Å². The monoisotopic (exact) mass is 486 g/mol. The van der Waals surface area contributed by atoms with Gasteiger partial charge in [-0.2, -0.15) is 0 Å². The fourth-order valence-corrected chi connectivity index (χ4v) is 4.17. The van der Waals surface area contributed by atoms with Crippen molar-refractivity contribution in [3.05, 3.63) is 57.1 Å². The van der Waals surface area contributed by atoms with E-state index in [-0.39, 0.29) is 18.0 Å². The summed E-state index contributed by atoms with van der Waals surface area (Å²) in [6.45, 7) is 4.75. The SMILES string of the molecule is COc1cc2nc(CN3CCOCC3)n(CC(=O)Nc3ccc(C)cc3Cl)c(=O)c2cc1OC. The van der Waals surface area contributed by atoms with Crippen LogP contribution in [0.2, 0.25) is 5.02 Å². The van der Waals surface area contributed by atoms with E-state index in [9.17, 15) is 9.59 Å². The molecule has 180 valence electrons. The average Bonchev–Trinajstić information content (AvgIpc) is 2.83. The maximum atomic E-state index is 13.5. The molecule has 1 aliphatic heterocycles. The van der Waals surface area contributed by atoms with Gasteiger partial charge in [0.2, 0.25) is 5.91 Å². The van der Waals surface area contributed by atoms with E-state index >= 15 is 0 Å². The van der Waals surface area contributed by atoms with Crippen LogP contribution in [0.5, 0.6) is 11.5 Å². The molecule has 0 atom stereocenters. The molecular weight excluding hydrogens is 460 g/mol. The van der Waals surface area contributed by atoms with Crippen molar-refractivity contribution in [2.24, 2.45) is 0 Å². The van der Waals surface area contributed by atoms with Gasteiger partial charge in [-0.05, 0) is 30.7 Å². The van der Waals surface area contributed by atoms with Crippen molar-refractivity contribution in [2.75, 3.05) is 45.8 Å². The molecule has 9 nitrogen and oxygen atoms in total. The standard InChI is InChI=1S/C24H27ClN4O5/c1-15-4-5-18(17(25)10-15)27-23(30)14-29-22(13-28-6-8-34-9-7-28)26-19-12-21(33-3)20(32-2)11-16(19)24(29)31/h4-5,10-12H,6-9,13-14H2,1-3H3,(H,27,30). The second-order valence-electron chi connectivity index (χ2n) is 8.06. The number of methoxy groups -OCH3 is 2. The number of morpholine rings is 1. The number of anilines is 1. The van der Waals surface area contributed by atoms with Crippen molar-refractivity contribution in [2.45, 2.75) is 20.0 Å². The highest BCUT2D eigenvalue weighted by Gasteiger charge is 2.20. The van der Waals surface area contributed by atoms with Gasteiger partial charge in [-0.25, -0.2) is 4.98 Å². The zero-order valence-corrected chi connectivity index (χ0v) is 20.1. The molecule has 10 heteroatoms. The molecule has 2 heterocycles. The van der Waals surface area contributed by atoms with Crippen molar-refractivity contribution in [3.8, 4) is 11.5 Å². The van der Waals surface area contributed by atoms with Crippen LogP contribution in [0.3, 0.4) is 0 Å². The van der Waals surface area contributed by atoms with E-state index in [2.05, 4.69) is 10.2 Å². The van der Waals surface area contributed by atoms with Crippen molar-refractivity contribution < 1.29 is 19.0 Å². The maximum Gasteiger partial charge on any atom is 0.262 e. The number of halogens is 1. The molecule has 0 unspecified atom stereocenters. The second-order valence-corrected chi connectivity index (χ2v) is 8.47. The van der Waals surface area contributed by atoms with Gasteiger partial charge >= 0.3 is 0 Å². The number of aryl methyl sites for hydroxylation is 1. The van der Waals surface area contributed by atoms with Crippen LogP contribution >= 0.6 is 11.6 Å². The zero-order chi connectivity index (χ0) is 24.2. The number of carbonyl (C=O) groups is 1. The third-order valence-corrected chi connectivity index (χ3v) is 6.02. The van der Waals surface area contributed by atoms with Gasteiger partial charge in [0.05, 0.1) is 55.6 Å². The molecule has 1 aliphatic rings. The van der Waals surface area contributed by atoms with E-state index in [0.29, 0.717) is 71.8 Å². The third-order valence-electron chi connectivity index (χ3n) is 5.71. The zero-order valence-electron chi connectivity index (χ0n) is 19.4. The smallest absolute Gasteiger partial charge is 0.262 e. The van der Waals surface area contributed by atoms with Gasteiger partial charge in [0.1, 0.15) is 12.4 Å². The molecule has 1 aromatic heterocycles. The Balaban J connectivity index is 1.73. The third kappa shape index (κ3) is 5.16. The first-order valence-electron chi connectivity index (χ1n) is 10.9. The molecule has 0 saturated carbocycles. The molecule has 0 radical (unpaired) electrons. The molecule has 3 aromatic rings. The lowest BCUT2D eigenvalue weighted by Crippen LogP contribution is -2.39. The largest absolute Gasteiger partial charge is 0.493 e. The van der Waals surface area contributed by atoms with Crippen molar-refractivity contribution in [1.29, 1.82) is 0 Å². The van der Waals surface area contributed by atoms with Crippen LogP contribution in [0.1, 0.15) is 11.4 Å². The topological polar surface area (TPSA) is 94.9 Å². The number of hydrogen-bond donors (Lipinski definition) is 1. The number of hydrogen-bond acceptors (Lipinski definition) is 7. The molecule has 1 saturated heterocycles. The summed E-state index contributed by atoms with van der Waals surface area (Å²) in [5.74, 6) is 0.996. The predicted molar refractivity (Wildman–Crippen MR) is 130 cm³/mol. The summed E-state index contributed by atoms with van der Waals surface area (Å²) >= 11 is 6.27. The Labute approximate surface area is 202 Å². The Morgan fingerprint density at radius 2 is 1.85 bits per heavy atom. The number of ether oxygens (including phenoxy) is 3. The van der Waals surface area contributed by atoms with Crippen molar-refractivity contribution in [3.63, 3.8) is 0 Å². The van der Waals surface area contributed by atoms with E-state index in [4.69, 9.17) is 30.8 Å². The maximum absolute atomic E-state index is 13.5. The average molecular weight is 487 g/mol. The predicted octanol–water partition coefficient (Wildman–Crippen LogP) is 2.85. The number of nitrogens with zero attached hydrogens (tertiary/aromatic N) is 3. The first kappa shape index (κ1) is 24.0. The number of nitrogens with one attached hydrogen (secondary N) is 1. The minimum absolute atomic E-state index is 0.208. The Bertz CT molecular complexity index is 1270. The normalized spacial score (nSPS) is 14.2. The summed E-state index contributed by atoms with van der Waals surface area (Å²) in [6, 6.07) is 8.63. The quantitative estimate of drug-likeness (QED) is 0.548. The Morgan fingerprint density at radius 3 is 2.53 bits per heavy atom. The molecule has 1 fully saturated rings. The summed E-state index contributed by atoms with van der Waals surface area (Å²) in [7, 11) is 3.03. The molecule has 0 bridgehead atoms. The van der Waals surface area contributed by atoms with Crippen molar-refractivity contribution >= 4 is 34.1 Å². The second kappa shape index (κ2) is 10.4. The highest BCUT2D eigenvalue weighted by molar-refractivity contribution is 6.33. The molecular formula is C24H27ClN4O5. The molecule has 0 spiro atoms. The van der Waals surface area contributed by atoms with Gasteiger partial charge in [0.15, 0.2) is 11.5 Å². The summed E-state index contributed by atoms with van der Waals surface area (Å²) in [6.07, 6.45) is 0. The van der Waals surface area contributed by atoms with Crippen LogP contribution in [0.25, 0.3) is 10.9 Å². The first-order chi connectivity index (χ1) is 16.4. The van der Waals surface area contributed by atoms with Crippen LogP contribution < -0.4 is 20.3 Å². The minimum atomic E-state index is -0.377. The lowest BCUT2D eigenvalue weighted by atomic mass is 10.2. The van der Waals surface area contributed by atoms with Crippen LogP contribution in [0.15, 0.2) is 35.1 Å². The van der Waals surface area contributed by atoms with Crippen LogP contribution in [-0.2, 0) is 22.6 Å². The summed E-state index contributed by atoms with van der Waals surface area (Å²) in [5, 5.41) is 3.57. The fourth-order valence-electron chi connectivity index (χ4n) is 3.89. The van der Waals surface area contributed by atoms with Gasteiger partial charge in [-0.3, -0.25) is 19.1 Å². The van der Waals surface area contributed by atoms with Crippen LogP contribution in [-0.4, -0.2) is 60.9 Å². The van der Waals surface area contributed by atoms with Crippen LogP contribution in [0, 0.1) is 6.92 Å². The Morgan fingerprint density at radius 1 is 1.15 bits per heavy atom. The lowest BCUT2D eigenvalue weighted by molar-refractivity contribution is -0.116. The van der Waals surface area contributed by atoms with E-state index in [1.165, 1.54) is 18.8 Å². The Kier molecular flexibility index (Phi) is 7.35. The molecule has 0 aliphatic carbocycles. The number of rotatable bonds is 7. The van der Waals surface area contributed by atoms with Gasteiger partial charge in [-0.1, -0.05) is 17.7 Å². The summed E-state index contributed by atoms with van der Waals surface area (Å²) in [5.41, 5.74) is 1.61. The molecule has 2 aromatic carbocycles. The Hall–Kier alpha value is -3.14. The van der Waals surface area contributed by atoms with Gasteiger partial charge in [0.25, 0.3) is 5.56 Å². The van der Waals surface area contributed by atoms with Gasteiger partial charge in [0, 0.05) is 19.2 Å². The summed E-state index contributed by atoms with van der Waals surface area (Å²) < 4.78 is 17.6. The molecule has 4 rings (SSSR count). The number of carbonyl (C=O) groups excluding carboxylic acids is 1. The number of fused-ring (bicyclic) bond motifs is 1. The van der Waals surface area contributed by atoms with Gasteiger partial charge in [-0.15, -0.1) is 0 Å². The molecule has 1 amide bonds. The van der Waals surface area contributed by atoms with E-state index in [1.54, 1.807) is 24.3 Å². The van der Waals surface area contributed by atoms with E-state index < -0.39 is 0 Å². The number of aromatic nitrogens is 2. The number of amides is 1. The van der Waals surface area contributed by atoms with E-state index in [0.717, 1.165) is 5.56 Å². The van der Waals surface area contributed by atoms with Crippen molar-refractivity contribution in [1.82, 2.24) is 14.5 Å². The highest BCUT2D eigenvalue weighted by Crippen LogP contribution is 2.30. The van der Waals surface area contributed by atoms with Gasteiger partial charge < -0.3 is 19.5 Å². The van der Waals surface area contributed by atoms with E-state index in [1.807, 2.05) is 13.0 Å². The highest BCUT2D eigenvalue weighted by atomic mass is 35.5. The lowest BCUT2D eigenvalue weighted by Gasteiger charge is -2.27. The summed E-state index contributed by atoms with van der Waals surface area (Å²) in [4.78, 5) is 33.4. The minimum Gasteiger partial charge on any atom is -0.493 e. The molecule has 34 heavy (non-hydrogen) atoms.